The first-order chi connectivity index (χ1) is 8.78. The highest BCUT2D eigenvalue weighted by Crippen LogP contribution is 2.28. The molecule has 0 amide bonds. The molecule has 1 N–H and O–H groups in total. The van der Waals surface area contributed by atoms with Crippen molar-refractivity contribution in [3.63, 3.8) is 0 Å². The summed E-state index contributed by atoms with van der Waals surface area (Å²) in [5, 5.41) is 3.70. The van der Waals surface area contributed by atoms with Gasteiger partial charge in [0.25, 0.3) is 0 Å². The van der Waals surface area contributed by atoms with Gasteiger partial charge in [0.15, 0.2) is 0 Å². The molecule has 1 unspecified atom stereocenters. The fourth-order valence-electron chi connectivity index (χ4n) is 3.23. The summed E-state index contributed by atoms with van der Waals surface area (Å²) in [7, 11) is 0. The number of nitrogens with zero attached hydrogens (tertiary/aromatic N) is 1. The molecule has 1 aromatic carbocycles. The van der Waals surface area contributed by atoms with Crippen molar-refractivity contribution in [3.05, 3.63) is 48.0 Å². The average Bonchev–Trinajstić information content (AvgIpc) is 2.94. The van der Waals surface area contributed by atoms with Crippen molar-refractivity contribution in [2.45, 2.75) is 31.3 Å². The van der Waals surface area contributed by atoms with Crippen LogP contribution in [0.2, 0.25) is 0 Å². The molecule has 1 aliphatic heterocycles. The van der Waals surface area contributed by atoms with Gasteiger partial charge < -0.3 is 5.32 Å². The molecule has 1 fully saturated rings. The topological polar surface area (TPSA) is 15.3 Å². The van der Waals surface area contributed by atoms with Crippen LogP contribution in [-0.2, 0) is 5.54 Å². The smallest absolute Gasteiger partial charge is 0.0535 e. The van der Waals surface area contributed by atoms with Crippen LogP contribution in [0.4, 0.5) is 0 Å². The van der Waals surface area contributed by atoms with E-state index in [9.17, 15) is 0 Å². The van der Waals surface area contributed by atoms with Gasteiger partial charge >= 0.3 is 0 Å². The fourth-order valence-corrected chi connectivity index (χ4v) is 3.23. The standard InChI is InChI=1S/C16H22N2/c1-16(14-7-3-2-4-8-14)13-18(12-11-17-16)15-9-5-6-10-15/h2-8,15,17H,9-13H2,1H3. The number of piperazine rings is 1. The Labute approximate surface area is 110 Å². The SMILES string of the molecule is CC1(c2ccccc2)CN(C2CC=CC2)CCN1. The van der Waals surface area contributed by atoms with Crippen LogP contribution in [0.5, 0.6) is 0 Å². The van der Waals surface area contributed by atoms with Crippen molar-refractivity contribution in [2.24, 2.45) is 0 Å². The van der Waals surface area contributed by atoms with Crippen LogP contribution in [-0.4, -0.2) is 30.6 Å². The summed E-state index contributed by atoms with van der Waals surface area (Å²) >= 11 is 0. The van der Waals surface area contributed by atoms with Crippen molar-refractivity contribution in [1.82, 2.24) is 10.2 Å². The second kappa shape index (κ2) is 4.87. The molecule has 1 saturated heterocycles. The molecule has 2 aliphatic rings. The quantitative estimate of drug-likeness (QED) is 0.802. The molecular weight excluding hydrogens is 220 g/mol. The van der Waals surface area contributed by atoms with Crippen LogP contribution in [0.1, 0.15) is 25.3 Å². The molecule has 1 heterocycles. The fraction of sp³-hybridized carbons (Fsp3) is 0.500. The summed E-state index contributed by atoms with van der Waals surface area (Å²) in [5.41, 5.74) is 1.50. The Morgan fingerprint density at radius 2 is 1.89 bits per heavy atom. The van der Waals surface area contributed by atoms with Crippen LogP contribution in [0.25, 0.3) is 0 Å². The third-order valence-electron chi connectivity index (χ3n) is 4.34. The van der Waals surface area contributed by atoms with Crippen molar-refractivity contribution in [1.29, 1.82) is 0 Å². The molecule has 2 nitrogen and oxygen atoms in total. The zero-order valence-electron chi connectivity index (χ0n) is 11.1. The van der Waals surface area contributed by atoms with Gasteiger partial charge in [-0.2, -0.15) is 0 Å². The van der Waals surface area contributed by atoms with Crippen molar-refractivity contribution in [3.8, 4) is 0 Å². The molecule has 0 spiro atoms. The highest BCUT2D eigenvalue weighted by atomic mass is 15.2. The van der Waals surface area contributed by atoms with Crippen molar-refractivity contribution in [2.75, 3.05) is 19.6 Å². The molecule has 1 aliphatic carbocycles. The van der Waals surface area contributed by atoms with Crippen LogP contribution in [0.15, 0.2) is 42.5 Å². The molecule has 0 bridgehead atoms. The van der Waals surface area contributed by atoms with E-state index in [0.29, 0.717) is 0 Å². The second-order valence-corrected chi connectivity index (χ2v) is 5.69. The first kappa shape index (κ1) is 11.9. The van der Waals surface area contributed by atoms with Gasteiger partial charge in [0, 0.05) is 25.7 Å². The number of hydrogen-bond acceptors (Lipinski definition) is 2. The molecule has 18 heavy (non-hydrogen) atoms. The molecule has 96 valence electrons. The highest BCUT2D eigenvalue weighted by molar-refractivity contribution is 5.25. The van der Waals surface area contributed by atoms with E-state index in [4.69, 9.17) is 0 Å². The van der Waals surface area contributed by atoms with E-state index in [0.717, 1.165) is 19.1 Å². The minimum atomic E-state index is 0.0993. The van der Waals surface area contributed by atoms with E-state index in [1.807, 2.05) is 0 Å². The van der Waals surface area contributed by atoms with E-state index in [1.54, 1.807) is 0 Å². The summed E-state index contributed by atoms with van der Waals surface area (Å²) in [5.74, 6) is 0. The van der Waals surface area contributed by atoms with Crippen LogP contribution in [0.3, 0.4) is 0 Å². The Balaban J connectivity index is 1.76. The van der Waals surface area contributed by atoms with E-state index < -0.39 is 0 Å². The van der Waals surface area contributed by atoms with Gasteiger partial charge in [0.05, 0.1) is 5.54 Å². The maximum Gasteiger partial charge on any atom is 0.0535 e. The lowest BCUT2D eigenvalue weighted by Crippen LogP contribution is -2.58. The number of rotatable bonds is 2. The zero-order valence-corrected chi connectivity index (χ0v) is 11.1. The first-order valence-corrected chi connectivity index (χ1v) is 6.97. The Hall–Kier alpha value is -1.12. The van der Waals surface area contributed by atoms with E-state index in [-0.39, 0.29) is 5.54 Å². The Morgan fingerprint density at radius 3 is 2.61 bits per heavy atom. The minimum Gasteiger partial charge on any atom is -0.305 e. The summed E-state index contributed by atoms with van der Waals surface area (Å²) in [6.07, 6.45) is 7.11. The summed E-state index contributed by atoms with van der Waals surface area (Å²) in [6, 6.07) is 11.6. The van der Waals surface area contributed by atoms with Gasteiger partial charge in [-0.25, -0.2) is 0 Å². The van der Waals surface area contributed by atoms with Gasteiger partial charge in [-0.05, 0) is 25.3 Å². The molecule has 0 aromatic heterocycles. The second-order valence-electron chi connectivity index (χ2n) is 5.69. The van der Waals surface area contributed by atoms with E-state index >= 15 is 0 Å². The minimum absolute atomic E-state index is 0.0993. The van der Waals surface area contributed by atoms with Crippen LogP contribution < -0.4 is 5.32 Å². The molecule has 0 radical (unpaired) electrons. The third kappa shape index (κ3) is 2.23. The number of benzene rings is 1. The number of nitrogens with one attached hydrogen (secondary N) is 1. The lowest BCUT2D eigenvalue weighted by Gasteiger charge is -2.44. The van der Waals surface area contributed by atoms with Gasteiger partial charge in [0.1, 0.15) is 0 Å². The van der Waals surface area contributed by atoms with E-state index in [1.165, 1.54) is 24.9 Å². The normalized spacial score (nSPS) is 29.8. The van der Waals surface area contributed by atoms with Crippen molar-refractivity contribution >= 4 is 0 Å². The maximum absolute atomic E-state index is 3.70. The van der Waals surface area contributed by atoms with Gasteiger partial charge in [-0.15, -0.1) is 0 Å². The lowest BCUT2D eigenvalue weighted by atomic mass is 9.89. The predicted octanol–water partition coefficient (Wildman–Crippen LogP) is 2.53. The molecule has 0 saturated carbocycles. The molecule has 1 aromatic rings. The zero-order chi connectivity index (χ0) is 12.4. The summed E-state index contributed by atoms with van der Waals surface area (Å²) in [6.45, 7) is 5.71. The summed E-state index contributed by atoms with van der Waals surface area (Å²) < 4.78 is 0. The molecule has 2 heteroatoms. The van der Waals surface area contributed by atoms with Gasteiger partial charge in [-0.3, -0.25) is 4.90 Å². The predicted molar refractivity (Wildman–Crippen MR) is 75.5 cm³/mol. The van der Waals surface area contributed by atoms with E-state index in [2.05, 4.69) is 59.6 Å². The first-order valence-electron chi connectivity index (χ1n) is 6.97. The molecule has 3 rings (SSSR count). The van der Waals surface area contributed by atoms with Gasteiger partial charge in [0.2, 0.25) is 0 Å². The monoisotopic (exact) mass is 242 g/mol. The average molecular weight is 242 g/mol. The Morgan fingerprint density at radius 1 is 1.17 bits per heavy atom. The lowest BCUT2D eigenvalue weighted by molar-refractivity contribution is 0.104. The number of hydrogen-bond donors (Lipinski definition) is 1. The van der Waals surface area contributed by atoms with Crippen molar-refractivity contribution < 1.29 is 0 Å². The maximum atomic E-state index is 3.70. The Kier molecular flexibility index (Phi) is 3.23. The Bertz CT molecular complexity index is 418. The van der Waals surface area contributed by atoms with Gasteiger partial charge in [-0.1, -0.05) is 42.5 Å². The largest absolute Gasteiger partial charge is 0.305 e. The summed E-state index contributed by atoms with van der Waals surface area (Å²) in [4.78, 5) is 2.66. The van der Waals surface area contributed by atoms with Crippen LogP contribution in [0, 0.1) is 0 Å². The highest BCUT2D eigenvalue weighted by Gasteiger charge is 2.34. The molecular formula is C16H22N2. The molecule has 1 atom stereocenters. The third-order valence-corrected chi connectivity index (χ3v) is 4.34. The van der Waals surface area contributed by atoms with Crippen LogP contribution >= 0.6 is 0 Å².